The summed E-state index contributed by atoms with van der Waals surface area (Å²) in [5, 5.41) is 0. The maximum Gasteiger partial charge on any atom is 0.189 e. The first kappa shape index (κ1) is 11.9. The van der Waals surface area contributed by atoms with Crippen LogP contribution in [0.3, 0.4) is 0 Å². The van der Waals surface area contributed by atoms with E-state index in [1.54, 1.807) is 0 Å². The third-order valence-corrected chi connectivity index (χ3v) is 7.36. The summed E-state index contributed by atoms with van der Waals surface area (Å²) in [6.45, 7) is 0. The van der Waals surface area contributed by atoms with Gasteiger partial charge in [-0.15, -0.1) is 0 Å². The van der Waals surface area contributed by atoms with E-state index in [4.69, 9.17) is 21.2 Å². The van der Waals surface area contributed by atoms with Crippen LogP contribution in [0.4, 0.5) is 0 Å². The molecule has 1 unspecified atom stereocenters. The molecule has 22 heavy (non-hydrogen) atoms. The molecule has 0 saturated heterocycles. The highest BCUT2D eigenvalue weighted by Gasteiger charge is 2.84. The van der Waals surface area contributed by atoms with Crippen molar-refractivity contribution in [3.8, 4) is 11.5 Å². The number of Topliss-reactive ketones (excluding diaryl/α,β-unsaturated/α-hetero) is 1. The zero-order valence-electron chi connectivity index (χ0n) is 12.2. The molecule has 6 rings (SSSR count). The maximum absolute atomic E-state index is 12.6. The molecule has 2 bridgehead atoms. The number of rotatable bonds is 1. The van der Waals surface area contributed by atoms with Gasteiger partial charge in [-0.2, -0.15) is 5.90 Å². The predicted octanol–water partition coefficient (Wildman–Crippen LogP) is 0.964. The number of hydrogen-bond acceptors (Lipinski definition) is 5. The number of carbonyl (C=O) groups excluding carboxylic acids is 1. The van der Waals surface area contributed by atoms with Gasteiger partial charge in [0.15, 0.2) is 23.4 Å². The molecule has 5 aliphatic rings. The minimum absolute atomic E-state index is 0.185. The van der Waals surface area contributed by atoms with Gasteiger partial charge in [0.1, 0.15) is 0 Å². The molecule has 3 saturated carbocycles. The third-order valence-electron chi connectivity index (χ3n) is 7.36. The number of fused-ring (bicyclic) bond motifs is 1. The Kier molecular flexibility index (Phi) is 1.65. The van der Waals surface area contributed by atoms with E-state index in [9.17, 15) is 4.79 Å². The summed E-state index contributed by atoms with van der Waals surface area (Å²) in [6.07, 6.45) is 4.11. The number of nitrogens with two attached hydrogens (primary N) is 2. The lowest BCUT2D eigenvalue weighted by molar-refractivity contribution is -0.133. The molecular formula is C17H18N2O3. The van der Waals surface area contributed by atoms with Crippen LogP contribution < -0.4 is 21.2 Å². The fourth-order valence-corrected chi connectivity index (χ4v) is 6.60. The van der Waals surface area contributed by atoms with Gasteiger partial charge in [-0.3, -0.25) is 4.79 Å². The molecule has 0 radical (unpaired) electrons. The summed E-state index contributed by atoms with van der Waals surface area (Å²) >= 11 is 0. The van der Waals surface area contributed by atoms with Crippen molar-refractivity contribution in [1.82, 2.24) is 0 Å². The monoisotopic (exact) mass is 298 g/mol. The molecule has 0 aromatic heterocycles. The van der Waals surface area contributed by atoms with Crippen LogP contribution in [-0.2, 0) is 16.6 Å². The van der Waals surface area contributed by atoms with Crippen LogP contribution in [0, 0.1) is 11.3 Å². The summed E-state index contributed by atoms with van der Waals surface area (Å²) in [5.41, 5.74) is 9.08. The van der Waals surface area contributed by atoms with E-state index < -0.39 is 6.10 Å². The quantitative estimate of drug-likeness (QED) is 0.754. The molecule has 0 amide bonds. The van der Waals surface area contributed by atoms with Gasteiger partial charge < -0.3 is 15.3 Å². The largest absolute Gasteiger partial charge is 0.477 e. The van der Waals surface area contributed by atoms with Gasteiger partial charge in [-0.05, 0) is 48.6 Å². The van der Waals surface area contributed by atoms with E-state index in [2.05, 4.69) is 6.07 Å². The van der Waals surface area contributed by atoms with Crippen LogP contribution in [0.15, 0.2) is 12.1 Å². The molecule has 5 nitrogen and oxygen atoms in total. The van der Waals surface area contributed by atoms with Gasteiger partial charge >= 0.3 is 0 Å². The Labute approximate surface area is 127 Å². The Morgan fingerprint density at radius 2 is 2.23 bits per heavy atom. The molecular weight excluding hydrogens is 280 g/mol. The molecule has 114 valence electrons. The van der Waals surface area contributed by atoms with E-state index >= 15 is 0 Å². The van der Waals surface area contributed by atoms with Crippen molar-refractivity contribution >= 4 is 5.78 Å². The topological polar surface area (TPSA) is 87.6 Å². The van der Waals surface area contributed by atoms with Gasteiger partial charge in [0.05, 0.1) is 5.41 Å². The molecule has 5 heteroatoms. The number of ether oxygens (including phenoxy) is 1. The van der Waals surface area contributed by atoms with Crippen LogP contribution in [0.2, 0.25) is 0 Å². The van der Waals surface area contributed by atoms with Crippen LogP contribution >= 0.6 is 0 Å². The fraction of sp³-hybridized carbons (Fsp3) is 0.588. The highest BCUT2D eigenvalue weighted by atomic mass is 16.6. The zero-order valence-corrected chi connectivity index (χ0v) is 12.2. The lowest BCUT2D eigenvalue weighted by Crippen LogP contribution is -2.67. The minimum atomic E-state index is -0.443. The summed E-state index contributed by atoms with van der Waals surface area (Å²) in [4.78, 5) is 17.6. The van der Waals surface area contributed by atoms with Crippen LogP contribution in [0.1, 0.15) is 36.8 Å². The first-order valence-electron chi connectivity index (χ1n) is 8.07. The van der Waals surface area contributed by atoms with E-state index in [0.29, 0.717) is 29.3 Å². The Bertz CT molecular complexity index is 777. The highest BCUT2D eigenvalue weighted by Crippen LogP contribution is 2.81. The maximum atomic E-state index is 12.6. The number of benzene rings is 1. The SMILES string of the molecule is NOc1ccc2c3c1O[C@H]1C(=O)CC[C@@]4(N)[C@@H]5CC5(C2)C[C@]314. The van der Waals surface area contributed by atoms with Gasteiger partial charge in [-0.1, -0.05) is 6.07 Å². The molecule has 1 aliphatic heterocycles. The minimum Gasteiger partial charge on any atom is -0.477 e. The van der Waals surface area contributed by atoms with E-state index in [1.165, 1.54) is 12.0 Å². The van der Waals surface area contributed by atoms with Crippen molar-refractivity contribution in [3.05, 3.63) is 23.3 Å². The van der Waals surface area contributed by atoms with Gasteiger partial charge in [0.25, 0.3) is 0 Å². The highest BCUT2D eigenvalue weighted by molar-refractivity contribution is 5.90. The summed E-state index contributed by atoms with van der Waals surface area (Å²) in [7, 11) is 0. The number of carbonyl (C=O) groups is 1. The smallest absolute Gasteiger partial charge is 0.189 e. The summed E-state index contributed by atoms with van der Waals surface area (Å²) in [6, 6.07) is 3.96. The molecule has 1 aromatic rings. The molecule has 1 heterocycles. The molecule has 4 N–H and O–H groups in total. The normalized spacial score (nSPS) is 48.5. The lowest BCUT2D eigenvalue weighted by atomic mass is 9.54. The van der Waals surface area contributed by atoms with Crippen LogP contribution in [0.25, 0.3) is 0 Å². The van der Waals surface area contributed by atoms with Gasteiger partial charge in [0.2, 0.25) is 0 Å². The molecule has 3 fully saturated rings. The van der Waals surface area contributed by atoms with Crippen molar-refractivity contribution in [2.45, 2.75) is 49.2 Å². The van der Waals surface area contributed by atoms with Crippen molar-refractivity contribution < 1.29 is 14.4 Å². The fourth-order valence-electron chi connectivity index (χ4n) is 6.60. The van der Waals surface area contributed by atoms with E-state index in [1.807, 2.05) is 6.07 Å². The molecule has 5 atom stereocenters. The second-order valence-corrected chi connectivity index (χ2v) is 7.99. The molecule has 4 aliphatic carbocycles. The Hall–Kier alpha value is -1.59. The zero-order chi connectivity index (χ0) is 14.9. The first-order valence-corrected chi connectivity index (χ1v) is 8.07. The average molecular weight is 298 g/mol. The first-order chi connectivity index (χ1) is 10.6. The second-order valence-electron chi connectivity index (χ2n) is 7.99. The van der Waals surface area contributed by atoms with Crippen molar-refractivity contribution in [1.29, 1.82) is 0 Å². The molecule has 2 spiro atoms. The van der Waals surface area contributed by atoms with Crippen molar-refractivity contribution in [2.75, 3.05) is 0 Å². The second kappa shape index (κ2) is 3.05. The lowest BCUT2D eigenvalue weighted by Gasteiger charge is -2.50. The Morgan fingerprint density at radius 1 is 1.36 bits per heavy atom. The summed E-state index contributed by atoms with van der Waals surface area (Å²) in [5.74, 6) is 7.32. The Balaban J connectivity index is 1.73. The van der Waals surface area contributed by atoms with E-state index in [-0.39, 0.29) is 16.7 Å². The number of hydrogen-bond donors (Lipinski definition) is 2. The van der Waals surface area contributed by atoms with Crippen molar-refractivity contribution in [3.63, 3.8) is 0 Å². The molecule has 1 aromatic carbocycles. The number of ketones is 1. The average Bonchev–Trinajstić information content (AvgIpc) is 3.01. The van der Waals surface area contributed by atoms with Crippen LogP contribution in [0.5, 0.6) is 11.5 Å². The van der Waals surface area contributed by atoms with Gasteiger partial charge in [0, 0.05) is 17.5 Å². The standard InChI is InChI=1S/C17H18N2O3/c18-17-4-3-9(20)14-16(17)7-15(6-11(15)17)5-8-1-2-10(22-19)13(21-14)12(8)16/h1-2,11,14H,3-7,18-19H2/t11-,14+,15?,16+,17-/m1/s1. The summed E-state index contributed by atoms with van der Waals surface area (Å²) < 4.78 is 6.15. The van der Waals surface area contributed by atoms with Gasteiger partial charge in [-0.25, -0.2) is 0 Å². The van der Waals surface area contributed by atoms with Crippen LogP contribution in [-0.4, -0.2) is 17.4 Å². The van der Waals surface area contributed by atoms with Crippen molar-refractivity contribution in [2.24, 2.45) is 23.0 Å². The Morgan fingerprint density at radius 3 is 3.05 bits per heavy atom. The predicted molar refractivity (Wildman–Crippen MR) is 77.4 cm³/mol. The van der Waals surface area contributed by atoms with E-state index in [0.717, 1.165) is 24.8 Å². The third kappa shape index (κ3) is 0.908.